The summed E-state index contributed by atoms with van der Waals surface area (Å²) in [5, 5.41) is 5.98. The molecule has 0 aliphatic rings. The second-order valence-electron chi connectivity index (χ2n) is 5.22. The van der Waals surface area contributed by atoms with E-state index in [2.05, 4.69) is 20.6 Å². The first-order chi connectivity index (χ1) is 12.3. The standard InChI is InChI=1S/C19H18N4O2/c24-19(21-11-12-25-17-7-2-1-3-8-17)15-5-4-6-16(13-15)23-18-9-10-20-14-22-18/h1-10,13-14H,11-12H2,(H,21,24)(H,20,22,23). The lowest BCUT2D eigenvalue weighted by molar-refractivity contribution is 0.0947. The summed E-state index contributed by atoms with van der Waals surface area (Å²) in [5.41, 5.74) is 1.35. The number of carbonyl (C=O) groups is 1. The number of amides is 1. The lowest BCUT2D eigenvalue weighted by Gasteiger charge is -2.09. The molecule has 6 heteroatoms. The zero-order chi connectivity index (χ0) is 17.3. The van der Waals surface area contributed by atoms with Crippen molar-refractivity contribution in [1.29, 1.82) is 0 Å². The van der Waals surface area contributed by atoms with Crippen LogP contribution in [0.4, 0.5) is 11.5 Å². The van der Waals surface area contributed by atoms with Crippen molar-refractivity contribution in [3.8, 4) is 5.75 Å². The maximum absolute atomic E-state index is 12.2. The summed E-state index contributed by atoms with van der Waals surface area (Å²) in [6, 6.07) is 18.5. The van der Waals surface area contributed by atoms with E-state index >= 15 is 0 Å². The highest BCUT2D eigenvalue weighted by Gasteiger charge is 2.06. The van der Waals surface area contributed by atoms with Gasteiger partial charge in [0.2, 0.25) is 0 Å². The third kappa shape index (κ3) is 5.04. The Morgan fingerprint density at radius 2 is 1.92 bits per heavy atom. The molecule has 0 saturated heterocycles. The number of carbonyl (C=O) groups excluding carboxylic acids is 1. The molecule has 0 atom stereocenters. The van der Waals surface area contributed by atoms with E-state index in [9.17, 15) is 4.79 Å². The molecule has 3 rings (SSSR count). The number of aromatic nitrogens is 2. The minimum Gasteiger partial charge on any atom is -0.492 e. The molecular formula is C19H18N4O2. The van der Waals surface area contributed by atoms with Crippen molar-refractivity contribution < 1.29 is 9.53 Å². The summed E-state index contributed by atoms with van der Waals surface area (Å²) in [7, 11) is 0. The zero-order valence-corrected chi connectivity index (χ0v) is 13.6. The SMILES string of the molecule is O=C(NCCOc1ccccc1)c1cccc(Nc2ccncn2)c1. The first-order valence-electron chi connectivity index (χ1n) is 7.90. The average Bonchev–Trinajstić information content (AvgIpc) is 2.67. The van der Waals surface area contributed by atoms with E-state index in [1.165, 1.54) is 6.33 Å². The summed E-state index contributed by atoms with van der Waals surface area (Å²) < 4.78 is 5.55. The highest BCUT2D eigenvalue weighted by Crippen LogP contribution is 2.15. The fourth-order valence-corrected chi connectivity index (χ4v) is 2.20. The van der Waals surface area contributed by atoms with Crippen LogP contribution in [0.1, 0.15) is 10.4 Å². The van der Waals surface area contributed by atoms with Gasteiger partial charge in [-0.3, -0.25) is 4.79 Å². The second kappa shape index (κ2) is 8.44. The van der Waals surface area contributed by atoms with Gasteiger partial charge in [-0.2, -0.15) is 0 Å². The molecule has 126 valence electrons. The van der Waals surface area contributed by atoms with Gasteiger partial charge in [0.05, 0.1) is 6.54 Å². The molecule has 0 unspecified atom stereocenters. The third-order valence-electron chi connectivity index (χ3n) is 3.38. The molecule has 0 fully saturated rings. The van der Waals surface area contributed by atoms with Gasteiger partial charge in [0.15, 0.2) is 0 Å². The number of hydrogen-bond donors (Lipinski definition) is 2. The van der Waals surface area contributed by atoms with Crippen molar-refractivity contribution in [2.45, 2.75) is 0 Å². The first-order valence-corrected chi connectivity index (χ1v) is 7.90. The van der Waals surface area contributed by atoms with Crippen molar-refractivity contribution in [1.82, 2.24) is 15.3 Å². The lowest BCUT2D eigenvalue weighted by atomic mass is 10.2. The molecule has 1 aromatic heterocycles. The lowest BCUT2D eigenvalue weighted by Crippen LogP contribution is -2.28. The number of hydrogen-bond acceptors (Lipinski definition) is 5. The van der Waals surface area contributed by atoms with Crippen molar-refractivity contribution in [2.75, 3.05) is 18.5 Å². The molecule has 3 aromatic rings. The largest absolute Gasteiger partial charge is 0.492 e. The minimum atomic E-state index is -0.150. The average molecular weight is 334 g/mol. The van der Waals surface area contributed by atoms with Crippen molar-refractivity contribution in [3.05, 3.63) is 78.8 Å². The van der Waals surface area contributed by atoms with Crippen molar-refractivity contribution in [3.63, 3.8) is 0 Å². The van der Waals surface area contributed by atoms with Crippen LogP contribution < -0.4 is 15.4 Å². The summed E-state index contributed by atoms with van der Waals surface area (Å²) >= 11 is 0. The van der Waals surface area contributed by atoms with E-state index in [0.29, 0.717) is 24.5 Å². The number of anilines is 2. The summed E-state index contributed by atoms with van der Waals surface area (Å²) in [6.07, 6.45) is 3.12. The van der Waals surface area contributed by atoms with Crippen LogP contribution in [0.2, 0.25) is 0 Å². The van der Waals surface area contributed by atoms with Crippen LogP contribution in [0, 0.1) is 0 Å². The highest BCUT2D eigenvalue weighted by atomic mass is 16.5. The van der Waals surface area contributed by atoms with Crippen LogP contribution in [-0.2, 0) is 0 Å². The van der Waals surface area contributed by atoms with Gasteiger partial charge in [-0.25, -0.2) is 9.97 Å². The van der Waals surface area contributed by atoms with Gasteiger partial charge in [0.1, 0.15) is 24.5 Å². The molecular weight excluding hydrogens is 316 g/mol. The number of nitrogens with one attached hydrogen (secondary N) is 2. The van der Waals surface area contributed by atoms with Gasteiger partial charge in [-0.1, -0.05) is 24.3 Å². The van der Waals surface area contributed by atoms with E-state index < -0.39 is 0 Å². The molecule has 1 heterocycles. The van der Waals surface area contributed by atoms with Crippen LogP contribution in [0.3, 0.4) is 0 Å². The Balaban J connectivity index is 1.51. The Bertz CT molecular complexity index is 810. The quantitative estimate of drug-likeness (QED) is 0.650. The van der Waals surface area contributed by atoms with Gasteiger partial charge in [0.25, 0.3) is 5.91 Å². The molecule has 0 spiro atoms. The van der Waals surface area contributed by atoms with Gasteiger partial charge in [0, 0.05) is 17.4 Å². The molecule has 0 aliphatic heterocycles. The maximum atomic E-state index is 12.2. The van der Waals surface area contributed by atoms with Crippen LogP contribution in [0.5, 0.6) is 5.75 Å². The Kier molecular flexibility index (Phi) is 5.56. The molecule has 2 N–H and O–H groups in total. The molecule has 25 heavy (non-hydrogen) atoms. The molecule has 6 nitrogen and oxygen atoms in total. The van der Waals surface area contributed by atoms with Crippen LogP contribution >= 0.6 is 0 Å². The van der Waals surface area contributed by atoms with Crippen molar-refractivity contribution >= 4 is 17.4 Å². The molecule has 0 radical (unpaired) electrons. The van der Waals surface area contributed by atoms with Gasteiger partial charge in [-0.05, 0) is 36.4 Å². The summed E-state index contributed by atoms with van der Waals surface area (Å²) in [4.78, 5) is 20.2. The smallest absolute Gasteiger partial charge is 0.251 e. The molecule has 1 amide bonds. The zero-order valence-electron chi connectivity index (χ0n) is 13.6. The van der Waals surface area contributed by atoms with E-state index in [1.807, 2.05) is 42.5 Å². The predicted molar refractivity (Wildman–Crippen MR) is 96.0 cm³/mol. The van der Waals surface area contributed by atoms with E-state index in [4.69, 9.17) is 4.74 Å². The number of ether oxygens (including phenoxy) is 1. The predicted octanol–water partition coefficient (Wildman–Crippen LogP) is 3.03. The Hall–Kier alpha value is -3.41. The normalized spacial score (nSPS) is 10.1. The van der Waals surface area contributed by atoms with Gasteiger partial charge in [-0.15, -0.1) is 0 Å². The molecule has 0 bridgehead atoms. The topological polar surface area (TPSA) is 76.1 Å². The van der Waals surface area contributed by atoms with E-state index in [0.717, 1.165) is 11.4 Å². The number of rotatable bonds is 7. The van der Waals surface area contributed by atoms with Crippen LogP contribution in [-0.4, -0.2) is 29.0 Å². The Morgan fingerprint density at radius 1 is 1.04 bits per heavy atom. The monoisotopic (exact) mass is 334 g/mol. The third-order valence-corrected chi connectivity index (χ3v) is 3.38. The molecule has 2 aromatic carbocycles. The number of nitrogens with zero attached hydrogens (tertiary/aromatic N) is 2. The molecule has 0 aliphatic carbocycles. The number of benzene rings is 2. The van der Waals surface area contributed by atoms with Crippen molar-refractivity contribution in [2.24, 2.45) is 0 Å². The maximum Gasteiger partial charge on any atom is 0.251 e. The van der Waals surface area contributed by atoms with E-state index in [-0.39, 0.29) is 5.91 Å². The second-order valence-corrected chi connectivity index (χ2v) is 5.22. The van der Waals surface area contributed by atoms with Crippen LogP contribution in [0.15, 0.2) is 73.2 Å². The van der Waals surface area contributed by atoms with Crippen LogP contribution in [0.25, 0.3) is 0 Å². The minimum absolute atomic E-state index is 0.150. The summed E-state index contributed by atoms with van der Waals surface area (Å²) in [5.74, 6) is 1.31. The fourth-order valence-electron chi connectivity index (χ4n) is 2.20. The number of para-hydroxylation sites is 1. The highest BCUT2D eigenvalue weighted by molar-refractivity contribution is 5.95. The van der Waals surface area contributed by atoms with Gasteiger partial charge >= 0.3 is 0 Å². The Labute approximate surface area is 145 Å². The molecule has 0 saturated carbocycles. The van der Waals surface area contributed by atoms with Gasteiger partial charge < -0.3 is 15.4 Å². The Morgan fingerprint density at radius 3 is 2.72 bits per heavy atom. The van der Waals surface area contributed by atoms with E-state index in [1.54, 1.807) is 24.4 Å². The fraction of sp³-hybridized carbons (Fsp3) is 0.105. The summed E-state index contributed by atoms with van der Waals surface area (Å²) in [6.45, 7) is 0.839. The first kappa shape index (κ1) is 16.4.